The lowest BCUT2D eigenvalue weighted by Crippen LogP contribution is -2.49. The van der Waals surface area contributed by atoms with E-state index in [1.165, 1.54) is 0 Å². The molecule has 7 heteroatoms. The SMILES string of the molecule is CCOc1ccc(Oc2ccc(NC(=O)[C@H](NC(N)=O)[C@H](C)CC)cc2)cc1. The highest BCUT2D eigenvalue weighted by Gasteiger charge is 2.25. The fourth-order valence-electron chi connectivity index (χ4n) is 2.59. The number of urea groups is 1. The molecule has 0 aromatic heterocycles. The zero-order chi connectivity index (χ0) is 20.5. The van der Waals surface area contributed by atoms with E-state index in [9.17, 15) is 9.59 Å². The molecular formula is C21H27N3O4. The molecule has 0 bridgehead atoms. The van der Waals surface area contributed by atoms with Gasteiger partial charge in [0.05, 0.1) is 6.61 Å². The lowest BCUT2D eigenvalue weighted by molar-refractivity contribution is -0.119. The first-order valence-corrected chi connectivity index (χ1v) is 9.30. The molecule has 0 aliphatic rings. The van der Waals surface area contributed by atoms with E-state index in [0.717, 1.165) is 12.2 Å². The number of anilines is 1. The van der Waals surface area contributed by atoms with Crippen LogP contribution in [0.15, 0.2) is 48.5 Å². The molecule has 3 amide bonds. The van der Waals surface area contributed by atoms with Gasteiger partial charge in [0.15, 0.2) is 0 Å². The molecule has 0 spiro atoms. The predicted molar refractivity (Wildman–Crippen MR) is 109 cm³/mol. The van der Waals surface area contributed by atoms with E-state index in [1.54, 1.807) is 24.3 Å². The number of primary amides is 1. The monoisotopic (exact) mass is 385 g/mol. The van der Waals surface area contributed by atoms with Gasteiger partial charge in [0.1, 0.15) is 23.3 Å². The molecule has 0 fully saturated rings. The number of carbonyl (C=O) groups is 2. The molecule has 0 radical (unpaired) electrons. The second kappa shape index (κ2) is 10.2. The van der Waals surface area contributed by atoms with Gasteiger partial charge in [0.25, 0.3) is 0 Å². The van der Waals surface area contributed by atoms with Crippen LogP contribution >= 0.6 is 0 Å². The van der Waals surface area contributed by atoms with Crippen LogP contribution in [-0.2, 0) is 4.79 Å². The van der Waals surface area contributed by atoms with Gasteiger partial charge in [-0.15, -0.1) is 0 Å². The summed E-state index contributed by atoms with van der Waals surface area (Å²) >= 11 is 0. The number of rotatable bonds is 9. The maximum Gasteiger partial charge on any atom is 0.312 e. The summed E-state index contributed by atoms with van der Waals surface area (Å²) in [6.07, 6.45) is 0.729. The van der Waals surface area contributed by atoms with E-state index in [0.29, 0.717) is 23.8 Å². The Hall–Kier alpha value is -3.22. The molecule has 150 valence electrons. The number of hydrogen-bond acceptors (Lipinski definition) is 4. The Morgan fingerprint density at radius 2 is 1.50 bits per heavy atom. The minimum absolute atomic E-state index is 0.0465. The van der Waals surface area contributed by atoms with Crippen molar-refractivity contribution in [1.29, 1.82) is 0 Å². The Labute approximate surface area is 165 Å². The van der Waals surface area contributed by atoms with Crippen molar-refractivity contribution in [2.45, 2.75) is 33.2 Å². The minimum Gasteiger partial charge on any atom is -0.494 e. The zero-order valence-electron chi connectivity index (χ0n) is 16.4. The van der Waals surface area contributed by atoms with Gasteiger partial charge in [-0.1, -0.05) is 20.3 Å². The summed E-state index contributed by atoms with van der Waals surface area (Å²) in [5.41, 5.74) is 5.78. The molecule has 28 heavy (non-hydrogen) atoms. The molecule has 0 aliphatic carbocycles. The second-order valence-corrected chi connectivity index (χ2v) is 6.39. The van der Waals surface area contributed by atoms with Gasteiger partial charge in [-0.05, 0) is 61.4 Å². The smallest absolute Gasteiger partial charge is 0.312 e. The maximum absolute atomic E-state index is 12.5. The summed E-state index contributed by atoms with van der Waals surface area (Å²) in [7, 11) is 0. The number of nitrogens with two attached hydrogens (primary N) is 1. The summed E-state index contributed by atoms with van der Waals surface area (Å²) in [4.78, 5) is 23.7. The van der Waals surface area contributed by atoms with Crippen LogP contribution in [0.2, 0.25) is 0 Å². The lowest BCUT2D eigenvalue weighted by atomic mass is 9.98. The first-order chi connectivity index (χ1) is 13.4. The number of amides is 3. The van der Waals surface area contributed by atoms with Crippen LogP contribution in [0.3, 0.4) is 0 Å². The predicted octanol–water partition coefficient (Wildman–Crippen LogP) is 3.90. The highest BCUT2D eigenvalue weighted by atomic mass is 16.5. The quantitative estimate of drug-likeness (QED) is 0.609. The van der Waals surface area contributed by atoms with Crippen molar-refractivity contribution >= 4 is 17.6 Å². The fraction of sp³-hybridized carbons (Fsp3) is 0.333. The van der Waals surface area contributed by atoms with Gasteiger partial charge in [-0.25, -0.2) is 4.79 Å². The third-order valence-corrected chi connectivity index (χ3v) is 4.29. The number of benzene rings is 2. The molecule has 0 heterocycles. The van der Waals surface area contributed by atoms with Crippen LogP contribution in [0.25, 0.3) is 0 Å². The van der Waals surface area contributed by atoms with Crippen LogP contribution in [0, 0.1) is 5.92 Å². The van der Waals surface area contributed by atoms with Crippen molar-refractivity contribution in [1.82, 2.24) is 5.32 Å². The summed E-state index contributed by atoms with van der Waals surface area (Å²) < 4.78 is 11.2. The highest BCUT2D eigenvalue weighted by Crippen LogP contribution is 2.25. The van der Waals surface area contributed by atoms with Gasteiger partial charge in [0.2, 0.25) is 5.91 Å². The Bertz CT molecular complexity index is 775. The molecular weight excluding hydrogens is 358 g/mol. The average molecular weight is 385 g/mol. The van der Waals surface area contributed by atoms with Gasteiger partial charge in [-0.3, -0.25) is 4.79 Å². The van der Waals surface area contributed by atoms with Crippen LogP contribution < -0.4 is 25.8 Å². The molecule has 2 aromatic carbocycles. The number of carbonyl (C=O) groups excluding carboxylic acids is 2. The third-order valence-electron chi connectivity index (χ3n) is 4.29. The van der Waals surface area contributed by atoms with Crippen molar-refractivity contribution in [3.63, 3.8) is 0 Å². The van der Waals surface area contributed by atoms with Crippen LogP contribution in [0.1, 0.15) is 27.2 Å². The first kappa shape index (κ1) is 21.1. The molecule has 2 rings (SSSR count). The summed E-state index contributed by atoms with van der Waals surface area (Å²) in [6.45, 7) is 6.37. The maximum atomic E-state index is 12.5. The van der Waals surface area contributed by atoms with Crippen LogP contribution in [0.5, 0.6) is 17.2 Å². The standard InChI is InChI=1S/C21H27N3O4/c1-4-14(3)19(24-21(22)26)20(25)23-15-6-8-17(9-7-15)28-18-12-10-16(11-13-18)27-5-2/h6-14,19H,4-5H2,1-3H3,(H,23,25)(H3,22,24,26)/t14-,19-/m1/s1. The molecule has 0 saturated heterocycles. The first-order valence-electron chi connectivity index (χ1n) is 9.30. The Kier molecular flexibility index (Phi) is 7.68. The van der Waals surface area contributed by atoms with E-state index < -0.39 is 12.1 Å². The zero-order valence-corrected chi connectivity index (χ0v) is 16.4. The molecule has 2 atom stereocenters. The number of nitrogens with one attached hydrogen (secondary N) is 2. The average Bonchev–Trinajstić information content (AvgIpc) is 2.68. The van der Waals surface area contributed by atoms with E-state index in [-0.39, 0.29) is 11.8 Å². The van der Waals surface area contributed by atoms with Crippen molar-refractivity contribution < 1.29 is 19.1 Å². The van der Waals surface area contributed by atoms with Crippen molar-refractivity contribution in [3.05, 3.63) is 48.5 Å². The minimum atomic E-state index is -0.723. The van der Waals surface area contributed by atoms with Gasteiger partial charge < -0.3 is 25.8 Å². The van der Waals surface area contributed by atoms with Gasteiger partial charge >= 0.3 is 6.03 Å². The Morgan fingerprint density at radius 1 is 0.964 bits per heavy atom. The van der Waals surface area contributed by atoms with Crippen molar-refractivity contribution in [3.8, 4) is 17.2 Å². The topological polar surface area (TPSA) is 103 Å². The van der Waals surface area contributed by atoms with Crippen LogP contribution in [0.4, 0.5) is 10.5 Å². The van der Waals surface area contributed by atoms with Gasteiger partial charge in [-0.2, -0.15) is 0 Å². The molecule has 0 saturated carbocycles. The molecule has 0 unspecified atom stereocenters. The van der Waals surface area contributed by atoms with E-state index >= 15 is 0 Å². The molecule has 2 aromatic rings. The summed E-state index contributed by atoms with van der Waals surface area (Å²) in [5.74, 6) is 1.75. The number of ether oxygens (including phenoxy) is 2. The molecule has 0 aliphatic heterocycles. The van der Waals surface area contributed by atoms with Crippen molar-refractivity contribution in [2.75, 3.05) is 11.9 Å². The molecule has 7 nitrogen and oxygen atoms in total. The van der Waals surface area contributed by atoms with Crippen LogP contribution in [-0.4, -0.2) is 24.6 Å². The normalized spacial score (nSPS) is 12.5. The van der Waals surface area contributed by atoms with E-state index in [4.69, 9.17) is 15.2 Å². The summed E-state index contributed by atoms with van der Waals surface area (Å²) in [6, 6.07) is 12.9. The Morgan fingerprint density at radius 3 is 2.00 bits per heavy atom. The fourth-order valence-corrected chi connectivity index (χ4v) is 2.59. The number of hydrogen-bond donors (Lipinski definition) is 3. The Balaban J connectivity index is 1.99. The summed E-state index contributed by atoms with van der Waals surface area (Å²) in [5, 5.41) is 5.29. The van der Waals surface area contributed by atoms with Crippen molar-refractivity contribution in [2.24, 2.45) is 11.7 Å². The highest BCUT2D eigenvalue weighted by molar-refractivity contribution is 5.97. The lowest BCUT2D eigenvalue weighted by Gasteiger charge is -2.22. The van der Waals surface area contributed by atoms with E-state index in [1.807, 2.05) is 45.0 Å². The van der Waals surface area contributed by atoms with Gasteiger partial charge in [0, 0.05) is 5.69 Å². The second-order valence-electron chi connectivity index (χ2n) is 6.39. The molecule has 4 N–H and O–H groups in total. The largest absolute Gasteiger partial charge is 0.494 e. The van der Waals surface area contributed by atoms with E-state index in [2.05, 4.69) is 10.6 Å². The third kappa shape index (κ3) is 6.19.